The summed E-state index contributed by atoms with van der Waals surface area (Å²) in [6.07, 6.45) is 4.03. The summed E-state index contributed by atoms with van der Waals surface area (Å²) in [5, 5.41) is 11.2. The third-order valence-corrected chi connectivity index (χ3v) is 2.81. The molecule has 2 rings (SSSR count). The molecule has 80 valence electrons. The van der Waals surface area contributed by atoms with E-state index < -0.39 is 4.92 Å². The number of aromatic nitrogens is 1. The van der Waals surface area contributed by atoms with E-state index in [2.05, 4.69) is 20.9 Å². The van der Waals surface area contributed by atoms with Gasteiger partial charge in [0.2, 0.25) is 6.20 Å². The maximum absolute atomic E-state index is 10.3. The van der Waals surface area contributed by atoms with E-state index in [0.717, 1.165) is 27.1 Å². The number of nitro groups is 1. The highest BCUT2D eigenvalue weighted by atomic mass is 79.9. The van der Waals surface area contributed by atoms with Gasteiger partial charge >= 0.3 is 0 Å². The predicted molar refractivity (Wildman–Crippen MR) is 65.5 cm³/mol. The van der Waals surface area contributed by atoms with E-state index in [1.165, 1.54) is 6.08 Å². The van der Waals surface area contributed by atoms with Gasteiger partial charge in [0.15, 0.2) is 0 Å². The zero-order valence-corrected chi connectivity index (χ0v) is 9.72. The average Bonchev–Trinajstić information content (AvgIpc) is 2.28. The van der Waals surface area contributed by atoms with Crippen molar-refractivity contribution in [3.8, 4) is 0 Å². The molecule has 0 aliphatic carbocycles. The van der Waals surface area contributed by atoms with Crippen molar-refractivity contribution >= 4 is 32.9 Å². The van der Waals surface area contributed by atoms with Crippen LogP contribution in [0.25, 0.3) is 17.0 Å². The van der Waals surface area contributed by atoms with Gasteiger partial charge < -0.3 is 0 Å². The number of nitrogens with zero attached hydrogens (tertiary/aromatic N) is 2. The van der Waals surface area contributed by atoms with Crippen LogP contribution in [0, 0.1) is 10.1 Å². The summed E-state index contributed by atoms with van der Waals surface area (Å²) in [6, 6.07) is 7.38. The van der Waals surface area contributed by atoms with Gasteiger partial charge in [-0.1, -0.05) is 28.1 Å². The molecule has 0 fully saturated rings. The summed E-state index contributed by atoms with van der Waals surface area (Å²) >= 11 is 3.41. The quantitative estimate of drug-likeness (QED) is 0.626. The summed E-state index contributed by atoms with van der Waals surface area (Å²) < 4.78 is 0.925. The Kier molecular flexibility index (Phi) is 2.96. The molecule has 0 aliphatic rings. The molecule has 2 aromatic rings. The van der Waals surface area contributed by atoms with E-state index in [1.54, 1.807) is 12.3 Å². The molecule has 0 saturated carbocycles. The van der Waals surface area contributed by atoms with Gasteiger partial charge in [0.25, 0.3) is 0 Å². The Labute approximate surface area is 99.9 Å². The first-order valence-electron chi connectivity index (χ1n) is 4.53. The number of hydrogen-bond acceptors (Lipinski definition) is 3. The molecule has 0 amide bonds. The highest BCUT2D eigenvalue weighted by Crippen LogP contribution is 2.25. The van der Waals surface area contributed by atoms with Crippen molar-refractivity contribution in [1.82, 2.24) is 4.98 Å². The van der Waals surface area contributed by atoms with E-state index in [0.29, 0.717) is 0 Å². The molecule has 5 heteroatoms. The van der Waals surface area contributed by atoms with Crippen LogP contribution >= 0.6 is 15.9 Å². The van der Waals surface area contributed by atoms with Gasteiger partial charge in [-0.3, -0.25) is 15.1 Å². The lowest BCUT2D eigenvalue weighted by Gasteiger charge is -2.02. The van der Waals surface area contributed by atoms with Crippen molar-refractivity contribution in [3.63, 3.8) is 0 Å². The Morgan fingerprint density at radius 2 is 2.19 bits per heavy atom. The first-order chi connectivity index (χ1) is 7.68. The molecule has 0 spiro atoms. The lowest BCUT2D eigenvalue weighted by molar-refractivity contribution is -0.400. The van der Waals surface area contributed by atoms with E-state index in [1.807, 2.05) is 18.2 Å². The van der Waals surface area contributed by atoms with Gasteiger partial charge in [-0.15, -0.1) is 0 Å². The largest absolute Gasteiger partial charge is 0.259 e. The second-order valence-electron chi connectivity index (χ2n) is 3.14. The smallest absolute Gasteiger partial charge is 0.235 e. The monoisotopic (exact) mass is 278 g/mol. The molecule has 1 aromatic carbocycles. The molecular weight excluding hydrogens is 272 g/mol. The van der Waals surface area contributed by atoms with Crippen LogP contribution in [0.1, 0.15) is 5.56 Å². The van der Waals surface area contributed by atoms with Gasteiger partial charge in [-0.25, -0.2) is 0 Å². The fourth-order valence-electron chi connectivity index (χ4n) is 1.44. The van der Waals surface area contributed by atoms with Crippen LogP contribution in [0.2, 0.25) is 0 Å². The van der Waals surface area contributed by atoms with Crippen molar-refractivity contribution in [2.24, 2.45) is 0 Å². The van der Waals surface area contributed by atoms with Crippen molar-refractivity contribution < 1.29 is 4.92 Å². The van der Waals surface area contributed by atoms with Gasteiger partial charge in [-0.2, -0.15) is 0 Å². The van der Waals surface area contributed by atoms with Crippen LogP contribution in [0.5, 0.6) is 0 Å². The van der Waals surface area contributed by atoms with Crippen LogP contribution in [-0.2, 0) is 0 Å². The lowest BCUT2D eigenvalue weighted by Crippen LogP contribution is -1.86. The molecule has 0 unspecified atom stereocenters. The minimum absolute atomic E-state index is 0.489. The van der Waals surface area contributed by atoms with E-state index >= 15 is 0 Å². The molecule has 0 atom stereocenters. The van der Waals surface area contributed by atoms with Gasteiger partial charge in [-0.05, 0) is 12.1 Å². The number of fused-ring (bicyclic) bond motifs is 1. The second-order valence-corrected chi connectivity index (χ2v) is 3.99. The minimum atomic E-state index is -0.489. The number of benzene rings is 1. The fourth-order valence-corrected chi connectivity index (χ4v) is 1.89. The van der Waals surface area contributed by atoms with Crippen LogP contribution in [0.3, 0.4) is 0 Å². The van der Waals surface area contributed by atoms with E-state index in [4.69, 9.17) is 0 Å². The number of halogens is 1. The van der Waals surface area contributed by atoms with Crippen molar-refractivity contribution in [3.05, 3.63) is 56.8 Å². The zero-order chi connectivity index (χ0) is 11.5. The third kappa shape index (κ3) is 2.09. The molecular formula is C11H7BrN2O2. The zero-order valence-electron chi connectivity index (χ0n) is 8.13. The molecule has 0 N–H and O–H groups in total. The molecule has 0 radical (unpaired) electrons. The predicted octanol–water partition coefficient (Wildman–Crippen LogP) is 3.24. The SMILES string of the molecule is O=[N+]([O-])/C=C/c1ccc(Br)c2cccnc12. The van der Waals surface area contributed by atoms with Crippen molar-refractivity contribution in [2.75, 3.05) is 0 Å². The third-order valence-electron chi connectivity index (χ3n) is 2.12. The standard InChI is InChI=1S/C11H7BrN2O2/c12-10-4-3-8(5-7-14(15)16)11-9(10)2-1-6-13-11/h1-7H/b7-5+. The summed E-state index contributed by atoms with van der Waals surface area (Å²) in [5.74, 6) is 0. The molecule has 1 aromatic heterocycles. The van der Waals surface area contributed by atoms with Crippen molar-refractivity contribution in [1.29, 1.82) is 0 Å². The lowest BCUT2D eigenvalue weighted by atomic mass is 10.1. The maximum Gasteiger partial charge on any atom is 0.235 e. The highest BCUT2D eigenvalue weighted by molar-refractivity contribution is 9.10. The van der Waals surface area contributed by atoms with E-state index in [9.17, 15) is 10.1 Å². The van der Waals surface area contributed by atoms with Crippen LogP contribution in [0.4, 0.5) is 0 Å². The molecule has 0 aliphatic heterocycles. The van der Waals surface area contributed by atoms with Crippen molar-refractivity contribution in [2.45, 2.75) is 0 Å². The van der Waals surface area contributed by atoms with E-state index in [-0.39, 0.29) is 0 Å². The normalized spacial score (nSPS) is 11.1. The topological polar surface area (TPSA) is 56.0 Å². The molecule has 16 heavy (non-hydrogen) atoms. The minimum Gasteiger partial charge on any atom is -0.259 e. The summed E-state index contributed by atoms with van der Waals surface area (Å²) in [7, 11) is 0. The Morgan fingerprint density at radius 1 is 1.38 bits per heavy atom. The second kappa shape index (κ2) is 4.40. The Hall–Kier alpha value is -1.75. The Balaban J connectivity index is 2.63. The van der Waals surface area contributed by atoms with Gasteiger partial charge in [0.05, 0.1) is 10.4 Å². The molecule has 0 bridgehead atoms. The van der Waals surface area contributed by atoms with Crippen LogP contribution in [0.15, 0.2) is 41.1 Å². The number of pyridine rings is 1. The average molecular weight is 279 g/mol. The van der Waals surface area contributed by atoms with Gasteiger partial charge in [0, 0.05) is 27.7 Å². The number of hydrogen-bond donors (Lipinski definition) is 0. The molecule has 0 saturated heterocycles. The summed E-state index contributed by atoms with van der Waals surface area (Å²) in [5.41, 5.74) is 1.48. The first kappa shape index (κ1) is 10.8. The Morgan fingerprint density at radius 3 is 2.94 bits per heavy atom. The molecule has 1 heterocycles. The summed E-state index contributed by atoms with van der Waals surface area (Å²) in [6.45, 7) is 0. The maximum atomic E-state index is 10.3. The first-order valence-corrected chi connectivity index (χ1v) is 5.33. The number of rotatable bonds is 2. The summed E-state index contributed by atoms with van der Waals surface area (Å²) in [4.78, 5) is 14.0. The van der Waals surface area contributed by atoms with Crippen LogP contribution < -0.4 is 0 Å². The fraction of sp³-hybridized carbons (Fsp3) is 0. The van der Waals surface area contributed by atoms with Gasteiger partial charge in [0.1, 0.15) is 0 Å². The molecule has 4 nitrogen and oxygen atoms in total. The Bertz CT molecular complexity index is 581. The van der Waals surface area contributed by atoms with Crippen LogP contribution in [-0.4, -0.2) is 9.91 Å². The highest BCUT2D eigenvalue weighted by Gasteiger charge is 2.03.